The Morgan fingerprint density at radius 3 is 2.85 bits per heavy atom. The number of benzene rings is 1. The maximum absolute atomic E-state index is 13.5. The van der Waals surface area contributed by atoms with Crippen molar-refractivity contribution in [3.63, 3.8) is 0 Å². The number of hydrogen-bond acceptors (Lipinski definition) is 3. The first-order valence-corrected chi connectivity index (χ1v) is 9.01. The molecule has 2 aliphatic rings. The van der Waals surface area contributed by atoms with Crippen molar-refractivity contribution in [3.8, 4) is 0 Å². The highest BCUT2D eigenvalue weighted by Crippen LogP contribution is 2.40. The van der Waals surface area contributed by atoms with Gasteiger partial charge in [-0.1, -0.05) is 0 Å². The first kappa shape index (κ1) is 16.9. The summed E-state index contributed by atoms with van der Waals surface area (Å²) in [7, 11) is 1.84. The van der Waals surface area contributed by atoms with Gasteiger partial charge in [-0.3, -0.25) is 14.6 Å². The summed E-state index contributed by atoms with van der Waals surface area (Å²) >= 11 is 0. The second-order valence-electron chi connectivity index (χ2n) is 7.56. The fraction of sp³-hybridized carbons (Fsp3) is 0.450. The van der Waals surface area contributed by atoms with Crippen molar-refractivity contribution >= 4 is 22.7 Å². The first-order valence-electron chi connectivity index (χ1n) is 9.01. The third-order valence-electron chi connectivity index (χ3n) is 5.72. The van der Waals surface area contributed by atoms with Gasteiger partial charge in [0.25, 0.3) is 5.91 Å². The SMILES string of the molecule is Cc1cc(C(=O)N2CCC3(CCCN(C)C3=O)C2)c2ccc(F)cc2n1. The van der Waals surface area contributed by atoms with Crippen molar-refractivity contribution in [1.29, 1.82) is 0 Å². The molecule has 2 fully saturated rings. The quantitative estimate of drug-likeness (QED) is 0.790. The Kier molecular flexibility index (Phi) is 3.93. The van der Waals surface area contributed by atoms with E-state index >= 15 is 0 Å². The Morgan fingerprint density at radius 2 is 2.04 bits per heavy atom. The molecule has 2 amide bonds. The maximum Gasteiger partial charge on any atom is 0.254 e. The van der Waals surface area contributed by atoms with E-state index in [2.05, 4.69) is 4.98 Å². The Bertz CT molecular complexity index is 908. The maximum atomic E-state index is 13.5. The van der Waals surface area contributed by atoms with Crippen LogP contribution in [-0.4, -0.2) is 53.3 Å². The van der Waals surface area contributed by atoms with Crippen molar-refractivity contribution in [3.05, 3.63) is 41.3 Å². The highest BCUT2D eigenvalue weighted by molar-refractivity contribution is 6.06. The van der Waals surface area contributed by atoms with E-state index in [9.17, 15) is 14.0 Å². The van der Waals surface area contributed by atoms with E-state index in [0.29, 0.717) is 41.7 Å². The molecule has 0 bridgehead atoms. The fourth-order valence-corrected chi connectivity index (χ4v) is 4.37. The average molecular weight is 355 g/mol. The van der Waals surface area contributed by atoms with Gasteiger partial charge in [0, 0.05) is 43.8 Å². The number of piperidine rings is 1. The normalized spacial score (nSPS) is 23.3. The molecule has 1 spiro atoms. The fourth-order valence-electron chi connectivity index (χ4n) is 4.37. The molecular formula is C20H22FN3O2. The number of halogens is 1. The largest absolute Gasteiger partial charge is 0.345 e. The zero-order chi connectivity index (χ0) is 18.5. The number of carbonyl (C=O) groups excluding carboxylic acids is 2. The topological polar surface area (TPSA) is 53.5 Å². The molecule has 6 heteroatoms. The Morgan fingerprint density at radius 1 is 1.23 bits per heavy atom. The van der Waals surface area contributed by atoms with Crippen molar-refractivity contribution in [1.82, 2.24) is 14.8 Å². The molecule has 26 heavy (non-hydrogen) atoms. The Hall–Kier alpha value is -2.50. The minimum absolute atomic E-state index is 0.106. The van der Waals surface area contributed by atoms with Crippen LogP contribution in [0.15, 0.2) is 24.3 Å². The average Bonchev–Trinajstić information content (AvgIpc) is 3.03. The molecule has 0 aliphatic carbocycles. The van der Waals surface area contributed by atoms with Crippen LogP contribution in [0.5, 0.6) is 0 Å². The molecule has 3 heterocycles. The number of hydrogen-bond donors (Lipinski definition) is 0. The van der Waals surface area contributed by atoms with Gasteiger partial charge in [0.15, 0.2) is 0 Å². The van der Waals surface area contributed by atoms with Crippen LogP contribution in [0.25, 0.3) is 10.9 Å². The van der Waals surface area contributed by atoms with Crippen LogP contribution in [0.1, 0.15) is 35.3 Å². The van der Waals surface area contributed by atoms with Crippen LogP contribution < -0.4 is 0 Å². The van der Waals surface area contributed by atoms with E-state index in [1.165, 1.54) is 12.1 Å². The molecule has 1 aromatic carbocycles. The molecule has 136 valence electrons. The van der Waals surface area contributed by atoms with Crippen LogP contribution in [0.2, 0.25) is 0 Å². The molecule has 2 aromatic rings. The van der Waals surface area contributed by atoms with Crippen molar-refractivity contribution in [2.75, 3.05) is 26.7 Å². The lowest BCUT2D eigenvalue weighted by Crippen LogP contribution is -2.48. The van der Waals surface area contributed by atoms with Gasteiger partial charge in [0.1, 0.15) is 5.82 Å². The molecule has 0 radical (unpaired) electrons. The van der Waals surface area contributed by atoms with Gasteiger partial charge in [-0.2, -0.15) is 0 Å². The van der Waals surface area contributed by atoms with E-state index in [1.54, 1.807) is 28.9 Å². The van der Waals surface area contributed by atoms with Gasteiger partial charge >= 0.3 is 0 Å². The van der Waals surface area contributed by atoms with E-state index in [1.807, 2.05) is 7.05 Å². The number of amides is 2. The number of aromatic nitrogens is 1. The summed E-state index contributed by atoms with van der Waals surface area (Å²) in [5, 5.41) is 0.648. The van der Waals surface area contributed by atoms with Crippen LogP contribution in [0, 0.1) is 18.2 Å². The third kappa shape index (κ3) is 2.64. The number of likely N-dealkylation sites (tertiary alicyclic amines) is 2. The lowest BCUT2D eigenvalue weighted by atomic mass is 9.78. The van der Waals surface area contributed by atoms with Gasteiger partial charge in [-0.05, 0) is 44.4 Å². The second kappa shape index (κ2) is 6.04. The summed E-state index contributed by atoms with van der Waals surface area (Å²) in [6.45, 7) is 3.61. The van der Waals surface area contributed by atoms with Gasteiger partial charge in [0.2, 0.25) is 5.91 Å². The van der Waals surface area contributed by atoms with Crippen LogP contribution >= 0.6 is 0 Å². The van der Waals surface area contributed by atoms with E-state index in [-0.39, 0.29) is 17.6 Å². The molecule has 1 atom stereocenters. The summed E-state index contributed by atoms with van der Waals surface area (Å²) in [6, 6.07) is 6.06. The molecule has 1 unspecified atom stereocenters. The van der Waals surface area contributed by atoms with Gasteiger partial charge in [0.05, 0.1) is 16.5 Å². The lowest BCUT2D eigenvalue weighted by Gasteiger charge is -2.37. The Labute approximate surface area is 151 Å². The molecule has 0 N–H and O–H groups in total. The van der Waals surface area contributed by atoms with E-state index in [4.69, 9.17) is 0 Å². The summed E-state index contributed by atoms with van der Waals surface area (Å²) in [6.07, 6.45) is 2.51. The summed E-state index contributed by atoms with van der Waals surface area (Å²) in [5.74, 6) is -0.327. The highest BCUT2D eigenvalue weighted by Gasteiger charge is 2.48. The molecule has 5 nitrogen and oxygen atoms in total. The number of rotatable bonds is 1. The van der Waals surface area contributed by atoms with Gasteiger partial charge in [-0.15, -0.1) is 0 Å². The summed E-state index contributed by atoms with van der Waals surface area (Å²) in [4.78, 5) is 33.8. The summed E-state index contributed by atoms with van der Waals surface area (Å²) < 4.78 is 13.5. The van der Waals surface area contributed by atoms with E-state index in [0.717, 1.165) is 19.4 Å². The van der Waals surface area contributed by atoms with Crippen LogP contribution in [0.3, 0.4) is 0 Å². The smallest absolute Gasteiger partial charge is 0.254 e. The minimum atomic E-state index is -0.438. The van der Waals surface area contributed by atoms with Crippen molar-refractivity contribution in [2.24, 2.45) is 5.41 Å². The molecule has 2 saturated heterocycles. The highest BCUT2D eigenvalue weighted by atomic mass is 19.1. The standard InChI is InChI=1S/C20H22FN3O2/c1-13-10-16(15-5-4-14(21)11-17(15)22-13)18(25)24-9-7-20(12-24)6-3-8-23(2)19(20)26/h4-5,10-11H,3,6-9,12H2,1-2H3. The molecular weight excluding hydrogens is 333 g/mol. The minimum Gasteiger partial charge on any atom is -0.345 e. The Balaban J connectivity index is 1.67. The molecule has 1 aromatic heterocycles. The molecule has 4 rings (SSSR count). The lowest BCUT2D eigenvalue weighted by molar-refractivity contribution is -0.143. The summed E-state index contributed by atoms with van der Waals surface area (Å²) in [5.41, 5.74) is 1.25. The van der Waals surface area contributed by atoms with Crippen molar-refractivity contribution in [2.45, 2.75) is 26.2 Å². The number of aryl methyl sites for hydroxylation is 1. The number of carbonyl (C=O) groups is 2. The number of pyridine rings is 1. The third-order valence-corrected chi connectivity index (χ3v) is 5.72. The second-order valence-corrected chi connectivity index (χ2v) is 7.56. The number of nitrogens with zero attached hydrogens (tertiary/aromatic N) is 3. The monoisotopic (exact) mass is 355 g/mol. The molecule has 0 saturated carbocycles. The van der Waals surface area contributed by atoms with E-state index < -0.39 is 5.41 Å². The predicted molar refractivity (Wildman–Crippen MR) is 96.3 cm³/mol. The van der Waals surface area contributed by atoms with Crippen LogP contribution in [-0.2, 0) is 4.79 Å². The van der Waals surface area contributed by atoms with Gasteiger partial charge < -0.3 is 9.80 Å². The van der Waals surface area contributed by atoms with Crippen LogP contribution in [0.4, 0.5) is 4.39 Å². The number of fused-ring (bicyclic) bond motifs is 1. The zero-order valence-electron chi connectivity index (χ0n) is 15.1. The molecule has 2 aliphatic heterocycles. The van der Waals surface area contributed by atoms with Crippen molar-refractivity contribution < 1.29 is 14.0 Å². The zero-order valence-corrected chi connectivity index (χ0v) is 15.1. The van der Waals surface area contributed by atoms with Gasteiger partial charge in [-0.25, -0.2) is 4.39 Å². The predicted octanol–water partition coefficient (Wildman–Crippen LogP) is 2.77. The first-order chi connectivity index (χ1) is 12.4.